The number of aryl methyl sites for hydroxylation is 2. The topological polar surface area (TPSA) is 64.3 Å². The van der Waals surface area contributed by atoms with Gasteiger partial charge in [0.15, 0.2) is 6.04 Å². The van der Waals surface area contributed by atoms with Gasteiger partial charge in [-0.25, -0.2) is 4.79 Å². The third-order valence-electron chi connectivity index (χ3n) is 3.59. The zero-order valence-electron chi connectivity index (χ0n) is 13.2. The van der Waals surface area contributed by atoms with Crippen LogP contribution in [0.3, 0.4) is 0 Å². The molecule has 0 aliphatic heterocycles. The van der Waals surface area contributed by atoms with Crippen molar-refractivity contribution in [2.45, 2.75) is 26.8 Å². The van der Waals surface area contributed by atoms with Crippen molar-refractivity contribution in [2.75, 3.05) is 17.7 Å². The molecule has 0 aliphatic rings. The molecule has 0 saturated heterocycles. The Hall–Kier alpha value is -2.49. The SMILES string of the molecule is CCOC(=O)C(Nc1ccccc1C)c1ccc(N)c(C)c1. The number of nitrogens with two attached hydrogens (primary N) is 1. The number of anilines is 2. The summed E-state index contributed by atoms with van der Waals surface area (Å²) in [6, 6.07) is 12.9. The van der Waals surface area contributed by atoms with Gasteiger partial charge in [-0.2, -0.15) is 0 Å². The van der Waals surface area contributed by atoms with Crippen molar-refractivity contribution in [3.05, 3.63) is 59.2 Å². The van der Waals surface area contributed by atoms with Crippen molar-refractivity contribution in [2.24, 2.45) is 0 Å². The minimum absolute atomic E-state index is 0.296. The van der Waals surface area contributed by atoms with E-state index in [1.165, 1.54) is 0 Å². The van der Waals surface area contributed by atoms with Gasteiger partial charge in [0.2, 0.25) is 0 Å². The number of ether oxygens (including phenoxy) is 1. The fraction of sp³-hybridized carbons (Fsp3) is 0.278. The summed E-state index contributed by atoms with van der Waals surface area (Å²) >= 11 is 0. The lowest BCUT2D eigenvalue weighted by atomic mass is 10.0. The molecule has 0 spiro atoms. The van der Waals surface area contributed by atoms with Crippen LogP contribution in [0.15, 0.2) is 42.5 Å². The Balaban J connectivity index is 2.36. The maximum Gasteiger partial charge on any atom is 0.333 e. The van der Waals surface area contributed by atoms with E-state index in [4.69, 9.17) is 10.5 Å². The molecule has 1 unspecified atom stereocenters. The largest absolute Gasteiger partial charge is 0.464 e. The summed E-state index contributed by atoms with van der Waals surface area (Å²) in [5.41, 5.74) is 10.3. The summed E-state index contributed by atoms with van der Waals surface area (Å²) in [4.78, 5) is 12.3. The van der Waals surface area contributed by atoms with E-state index < -0.39 is 6.04 Å². The number of hydrogen-bond acceptors (Lipinski definition) is 4. The lowest BCUT2D eigenvalue weighted by molar-refractivity contribution is -0.144. The summed E-state index contributed by atoms with van der Waals surface area (Å²) in [7, 11) is 0. The highest BCUT2D eigenvalue weighted by molar-refractivity contribution is 5.81. The fourth-order valence-electron chi connectivity index (χ4n) is 2.27. The van der Waals surface area contributed by atoms with Crippen molar-refractivity contribution in [1.82, 2.24) is 0 Å². The van der Waals surface area contributed by atoms with E-state index in [1.807, 2.05) is 56.3 Å². The van der Waals surface area contributed by atoms with E-state index >= 15 is 0 Å². The van der Waals surface area contributed by atoms with Crippen LogP contribution in [-0.2, 0) is 9.53 Å². The summed E-state index contributed by atoms with van der Waals surface area (Å²) in [6.45, 7) is 6.07. The molecule has 2 aromatic rings. The van der Waals surface area contributed by atoms with Gasteiger partial charge in [0.25, 0.3) is 0 Å². The molecule has 0 aromatic heterocycles. The molecule has 1 atom stereocenters. The molecule has 0 amide bonds. The van der Waals surface area contributed by atoms with Crippen LogP contribution in [0.25, 0.3) is 0 Å². The molecule has 2 rings (SSSR count). The summed E-state index contributed by atoms with van der Waals surface area (Å²) in [5.74, 6) is -0.296. The minimum Gasteiger partial charge on any atom is -0.464 e. The van der Waals surface area contributed by atoms with Crippen molar-refractivity contribution in [1.29, 1.82) is 0 Å². The monoisotopic (exact) mass is 298 g/mol. The standard InChI is InChI=1S/C18H22N2O2/c1-4-22-18(21)17(14-9-10-15(19)13(3)11-14)20-16-8-6-5-7-12(16)2/h5-11,17,20H,4,19H2,1-3H3. The number of rotatable bonds is 5. The number of benzene rings is 2. The Kier molecular flexibility index (Phi) is 5.04. The van der Waals surface area contributed by atoms with Crippen molar-refractivity contribution >= 4 is 17.3 Å². The van der Waals surface area contributed by atoms with Crippen LogP contribution in [0.2, 0.25) is 0 Å². The average Bonchev–Trinajstić information content (AvgIpc) is 2.49. The first kappa shape index (κ1) is 15.9. The molecule has 0 radical (unpaired) electrons. The molecule has 3 N–H and O–H groups in total. The van der Waals surface area contributed by atoms with E-state index in [0.717, 1.165) is 22.4 Å². The first-order valence-corrected chi connectivity index (χ1v) is 7.37. The number of nitrogen functional groups attached to an aromatic ring is 1. The highest BCUT2D eigenvalue weighted by Crippen LogP contribution is 2.25. The second-order valence-electron chi connectivity index (χ2n) is 5.26. The Morgan fingerprint density at radius 3 is 2.55 bits per heavy atom. The number of carbonyl (C=O) groups excluding carboxylic acids is 1. The zero-order chi connectivity index (χ0) is 16.1. The van der Waals surface area contributed by atoms with Crippen molar-refractivity contribution in [3.63, 3.8) is 0 Å². The molecule has 2 aromatic carbocycles. The van der Waals surface area contributed by atoms with Gasteiger partial charge in [-0.15, -0.1) is 0 Å². The molecule has 4 heteroatoms. The van der Waals surface area contributed by atoms with Crippen LogP contribution < -0.4 is 11.1 Å². The summed E-state index contributed by atoms with van der Waals surface area (Å²) in [5, 5.41) is 3.28. The van der Waals surface area contributed by atoms with Crippen LogP contribution in [0.5, 0.6) is 0 Å². The van der Waals surface area contributed by atoms with Gasteiger partial charge in [0, 0.05) is 11.4 Å². The molecule has 116 valence electrons. The first-order chi connectivity index (χ1) is 10.5. The molecular formula is C18H22N2O2. The van der Waals surface area contributed by atoms with Crippen LogP contribution in [0, 0.1) is 13.8 Å². The van der Waals surface area contributed by atoms with Gasteiger partial charge in [-0.05, 0) is 49.6 Å². The van der Waals surface area contributed by atoms with Crippen molar-refractivity contribution in [3.8, 4) is 0 Å². The number of hydrogen-bond donors (Lipinski definition) is 2. The predicted molar refractivity (Wildman–Crippen MR) is 89.8 cm³/mol. The lowest BCUT2D eigenvalue weighted by Gasteiger charge is -2.20. The molecule has 0 aliphatic carbocycles. The van der Waals surface area contributed by atoms with E-state index in [0.29, 0.717) is 12.3 Å². The summed E-state index contributed by atoms with van der Waals surface area (Å²) < 4.78 is 5.21. The second kappa shape index (κ2) is 6.98. The van der Waals surface area contributed by atoms with Crippen LogP contribution in [0.1, 0.15) is 29.7 Å². The Morgan fingerprint density at radius 2 is 1.91 bits per heavy atom. The first-order valence-electron chi connectivity index (χ1n) is 7.37. The van der Waals surface area contributed by atoms with E-state index in [1.54, 1.807) is 6.92 Å². The average molecular weight is 298 g/mol. The highest BCUT2D eigenvalue weighted by atomic mass is 16.5. The zero-order valence-corrected chi connectivity index (χ0v) is 13.2. The smallest absolute Gasteiger partial charge is 0.333 e. The molecule has 0 fully saturated rings. The van der Waals surface area contributed by atoms with Crippen LogP contribution in [0.4, 0.5) is 11.4 Å². The quantitative estimate of drug-likeness (QED) is 0.654. The maximum absolute atomic E-state index is 12.3. The third kappa shape index (κ3) is 3.58. The van der Waals surface area contributed by atoms with Gasteiger partial charge in [0.05, 0.1) is 6.61 Å². The normalized spacial score (nSPS) is 11.8. The molecule has 0 heterocycles. The Labute approximate surface area is 131 Å². The number of esters is 1. The number of para-hydroxylation sites is 1. The third-order valence-corrected chi connectivity index (χ3v) is 3.59. The van der Waals surface area contributed by atoms with Crippen LogP contribution in [-0.4, -0.2) is 12.6 Å². The van der Waals surface area contributed by atoms with Gasteiger partial charge in [-0.3, -0.25) is 0 Å². The lowest BCUT2D eigenvalue weighted by Crippen LogP contribution is -2.24. The van der Waals surface area contributed by atoms with Gasteiger partial charge >= 0.3 is 5.97 Å². The molecule has 4 nitrogen and oxygen atoms in total. The minimum atomic E-state index is -0.555. The fourth-order valence-corrected chi connectivity index (χ4v) is 2.27. The van der Waals surface area contributed by atoms with Crippen LogP contribution >= 0.6 is 0 Å². The summed E-state index contributed by atoms with van der Waals surface area (Å²) in [6.07, 6.45) is 0. The molecule has 0 saturated carbocycles. The Morgan fingerprint density at radius 1 is 1.18 bits per heavy atom. The van der Waals surface area contributed by atoms with E-state index in [2.05, 4.69) is 5.32 Å². The molecular weight excluding hydrogens is 276 g/mol. The number of carbonyl (C=O) groups is 1. The number of nitrogens with one attached hydrogen (secondary N) is 1. The van der Waals surface area contributed by atoms with Crippen molar-refractivity contribution < 1.29 is 9.53 Å². The van der Waals surface area contributed by atoms with Gasteiger partial charge < -0.3 is 15.8 Å². The second-order valence-corrected chi connectivity index (χ2v) is 5.26. The van der Waals surface area contributed by atoms with Gasteiger partial charge in [0.1, 0.15) is 0 Å². The van der Waals surface area contributed by atoms with E-state index in [-0.39, 0.29) is 5.97 Å². The Bertz CT molecular complexity index is 668. The van der Waals surface area contributed by atoms with Gasteiger partial charge in [-0.1, -0.05) is 30.3 Å². The predicted octanol–water partition coefficient (Wildman–Crippen LogP) is 3.60. The maximum atomic E-state index is 12.3. The molecule has 0 bridgehead atoms. The molecule has 22 heavy (non-hydrogen) atoms. The highest BCUT2D eigenvalue weighted by Gasteiger charge is 2.22. The van der Waals surface area contributed by atoms with E-state index in [9.17, 15) is 4.79 Å².